The Morgan fingerprint density at radius 1 is 1.57 bits per heavy atom. The van der Waals surface area contributed by atoms with Crippen LogP contribution in [0.15, 0.2) is 12.1 Å². The van der Waals surface area contributed by atoms with Gasteiger partial charge in [-0.15, -0.1) is 0 Å². The van der Waals surface area contributed by atoms with Gasteiger partial charge in [-0.1, -0.05) is 13.8 Å². The second-order valence-corrected chi connectivity index (χ2v) is 3.32. The molecule has 0 amide bonds. The number of hydrogen-bond acceptors (Lipinski definition) is 2. The smallest absolute Gasteiger partial charge is 0.337 e. The normalized spacial score (nSPS) is 10.6. The number of carboxylic acids is 1. The molecule has 1 rings (SSSR count). The minimum atomic E-state index is -1.14. The Morgan fingerprint density at radius 2 is 2.21 bits per heavy atom. The van der Waals surface area contributed by atoms with Crippen molar-refractivity contribution in [3.8, 4) is 0 Å². The number of aromatic carboxylic acids is 1. The highest BCUT2D eigenvalue weighted by molar-refractivity contribution is 5.88. The summed E-state index contributed by atoms with van der Waals surface area (Å²) in [4.78, 5) is 14.6. The minimum Gasteiger partial charge on any atom is -0.478 e. The molecule has 0 fully saturated rings. The van der Waals surface area contributed by atoms with E-state index < -0.39 is 12.6 Å². The number of alkyl halides is 1. The van der Waals surface area contributed by atoms with Crippen LogP contribution in [0.4, 0.5) is 4.39 Å². The summed E-state index contributed by atoms with van der Waals surface area (Å²) in [5, 5.41) is 8.72. The molecule has 0 atom stereocenters. The van der Waals surface area contributed by atoms with Crippen molar-refractivity contribution < 1.29 is 14.3 Å². The van der Waals surface area contributed by atoms with E-state index in [4.69, 9.17) is 5.11 Å². The lowest BCUT2D eigenvalue weighted by molar-refractivity contribution is 0.0694. The zero-order chi connectivity index (χ0) is 10.7. The maximum absolute atomic E-state index is 12.5. The number of nitrogens with zero attached hydrogens (tertiary/aromatic N) is 1. The molecular weight excluding hydrogens is 185 g/mol. The van der Waals surface area contributed by atoms with Gasteiger partial charge in [0.1, 0.15) is 6.67 Å². The summed E-state index contributed by atoms with van der Waals surface area (Å²) in [6.45, 7) is 3.00. The second-order valence-electron chi connectivity index (χ2n) is 3.32. The van der Waals surface area contributed by atoms with Crippen LogP contribution in [0, 0.1) is 0 Å². The summed E-state index contributed by atoms with van der Waals surface area (Å²) in [6, 6.07) is 3.02. The van der Waals surface area contributed by atoms with Crippen LogP contribution in [-0.4, -0.2) is 16.1 Å². The largest absolute Gasteiger partial charge is 0.478 e. The monoisotopic (exact) mass is 197 g/mol. The van der Waals surface area contributed by atoms with Crippen LogP contribution >= 0.6 is 0 Å². The highest BCUT2D eigenvalue weighted by atomic mass is 19.1. The fraction of sp³-hybridized carbons (Fsp3) is 0.400. The van der Waals surface area contributed by atoms with Crippen molar-refractivity contribution in [2.75, 3.05) is 0 Å². The highest BCUT2D eigenvalue weighted by Crippen LogP contribution is 2.15. The quantitative estimate of drug-likeness (QED) is 0.809. The second kappa shape index (κ2) is 4.17. The number of rotatable bonds is 3. The molecule has 0 saturated heterocycles. The first-order chi connectivity index (χ1) is 6.56. The third-order valence-electron chi connectivity index (χ3n) is 1.94. The molecule has 0 aromatic carbocycles. The number of halogens is 1. The summed E-state index contributed by atoms with van der Waals surface area (Å²) < 4.78 is 12.5. The number of carbonyl (C=O) groups is 1. The summed E-state index contributed by atoms with van der Waals surface area (Å²) in [5.74, 6) is -0.969. The fourth-order valence-electron chi connectivity index (χ4n) is 1.14. The first-order valence-corrected chi connectivity index (χ1v) is 4.35. The van der Waals surface area contributed by atoms with Gasteiger partial charge >= 0.3 is 5.97 Å². The molecule has 0 aliphatic rings. The number of aromatic nitrogens is 1. The molecule has 0 unspecified atom stereocenters. The summed E-state index contributed by atoms with van der Waals surface area (Å²) in [6.07, 6.45) is 0. The van der Waals surface area contributed by atoms with E-state index in [0.717, 1.165) is 0 Å². The van der Waals surface area contributed by atoms with E-state index >= 15 is 0 Å². The predicted octanol–water partition coefficient (Wildman–Crippen LogP) is 2.37. The molecule has 0 bridgehead atoms. The van der Waals surface area contributed by atoms with Crippen LogP contribution in [0.3, 0.4) is 0 Å². The lowest BCUT2D eigenvalue weighted by Crippen LogP contribution is -2.06. The van der Waals surface area contributed by atoms with Crippen molar-refractivity contribution in [1.29, 1.82) is 0 Å². The van der Waals surface area contributed by atoms with Gasteiger partial charge in [0.25, 0.3) is 0 Å². The van der Waals surface area contributed by atoms with Crippen molar-refractivity contribution in [3.63, 3.8) is 0 Å². The Hall–Kier alpha value is -1.45. The molecule has 14 heavy (non-hydrogen) atoms. The van der Waals surface area contributed by atoms with Crippen molar-refractivity contribution in [3.05, 3.63) is 29.1 Å². The lowest BCUT2D eigenvalue weighted by atomic mass is 10.1. The van der Waals surface area contributed by atoms with E-state index in [1.165, 1.54) is 6.07 Å². The Morgan fingerprint density at radius 3 is 2.64 bits per heavy atom. The summed E-state index contributed by atoms with van der Waals surface area (Å²) in [5.41, 5.74) is 0.656. The van der Waals surface area contributed by atoms with Crippen molar-refractivity contribution in [1.82, 2.24) is 4.98 Å². The van der Waals surface area contributed by atoms with E-state index in [1.807, 2.05) is 13.8 Å². The van der Waals surface area contributed by atoms with Gasteiger partial charge in [0, 0.05) is 5.69 Å². The Bertz CT molecular complexity index is 350. The van der Waals surface area contributed by atoms with E-state index in [9.17, 15) is 9.18 Å². The topological polar surface area (TPSA) is 50.2 Å². The molecule has 1 aromatic rings. The van der Waals surface area contributed by atoms with Crippen LogP contribution in [-0.2, 0) is 6.67 Å². The van der Waals surface area contributed by atoms with E-state index in [0.29, 0.717) is 5.69 Å². The van der Waals surface area contributed by atoms with Crippen molar-refractivity contribution in [2.45, 2.75) is 26.4 Å². The minimum absolute atomic E-state index is 0.00343. The zero-order valence-corrected chi connectivity index (χ0v) is 8.12. The summed E-state index contributed by atoms with van der Waals surface area (Å²) in [7, 11) is 0. The van der Waals surface area contributed by atoms with E-state index in [1.54, 1.807) is 6.07 Å². The van der Waals surface area contributed by atoms with Gasteiger partial charge in [0.2, 0.25) is 0 Å². The molecule has 0 saturated carbocycles. The van der Waals surface area contributed by atoms with E-state index in [-0.39, 0.29) is 17.2 Å². The van der Waals surface area contributed by atoms with Crippen LogP contribution in [0.25, 0.3) is 0 Å². The van der Waals surface area contributed by atoms with Gasteiger partial charge in [-0.3, -0.25) is 4.98 Å². The van der Waals surface area contributed by atoms with Crippen LogP contribution in [0.2, 0.25) is 0 Å². The lowest BCUT2D eigenvalue weighted by Gasteiger charge is -2.07. The molecule has 76 valence electrons. The number of hydrogen-bond donors (Lipinski definition) is 1. The standard InChI is InChI=1S/C10H12FNO2/c1-6(2)8-4-3-7(10(13)14)9(5-11)12-8/h3-4,6H,5H2,1-2H3,(H,13,14). The molecular formula is C10H12FNO2. The van der Waals surface area contributed by atoms with Gasteiger partial charge in [-0.25, -0.2) is 9.18 Å². The molecule has 0 radical (unpaired) electrons. The Labute approximate surface area is 81.6 Å². The summed E-state index contributed by atoms with van der Waals surface area (Å²) >= 11 is 0. The zero-order valence-electron chi connectivity index (χ0n) is 8.12. The predicted molar refractivity (Wildman–Crippen MR) is 50.1 cm³/mol. The van der Waals surface area contributed by atoms with Gasteiger partial charge in [0.05, 0.1) is 11.3 Å². The van der Waals surface area contributed by atoms with Crippen molar-refractivity contribution in [2.24, 2.45) is 0 Å². The van der Waals surface area contributed by atoms with Gasteiger partial charge in [-0.05, 0) is 18.1 Å². The maximum atomic E-state index is 12.5. The third-order valence-corrected chi connectivity index (χ3v) is 1.94. The number of pyridine rings is 1. The molecule has 0 aliphatic heterocycles. The molecule has 0 spiro atoms. The van der Waals surface area contributed by atoms with Gasteiger partial charge < -0.3 is 5.11 Å². The Balaban J connectivity index is 3.18. The van der Waals surface area contributed by atoms with Gasteiger partial charge in [0.15, 0.2) is 0 Å². The van der Waals surface area contributed by atoms with Crippen LogP contribution < -0.4 is 0 Å². The molecule has 1 aromatic heterocycles. The first-order valence-electron chi connectivity index (χ1n) is 4.35. The molecule has 1 heterocycles. The first kappa shape index (κ1) is 10.6. The maximum Gasteiger partial charge on any atom is 0.337 e. The molecule has 1 N–H and O–H groups in total. The average Bonchev–Trinajstić information content (AvgIpc) is 2.16. The van der Waals surface area contributed by atoms with Crippen LogP contribution in [0.5, 0.6) is 0 Å². The van der Waals surface area contributed by atoms with Crippen molar-refractivity contribution >= 4 is 5.97 Å². The third kappa shape index (κ3) is 2.07. The molecule has 4 heteroatoms. The van der Waals surface area contributed by atoms with Gasteiger partial charge in [-0.2, -0.15) is 0 Å². The fourth-order valence-corrected chi connectivity index (χ4v) is 1.14. The number of carboxylic acid groups (broad SMARTS) is 1. The Kier molecular flexibility index (Phi) is 3.17. The SMILES string of the molecule is CC(C)c1ccc(C(=O)O)c(CF)n1. The van der Waals surface area contributed by atoms with Crippen LogP contribution in [0.1, 0.15) is 41.5 Å². The highest BCUT2D eigenvalue weighted by Gasteiger charge is 2.12. The average molecular weight is 197 g/mol. The van der Waals surface area contributed by atoms with E-state index in [2.05, 4.69) is 4.98 Å². The molecule has 3 nitrogen and oxygen atoms in total. The molecule has 0 aliphatic carbocycles.